The van der Waals surface area contributed by atoms with Gasteiger partial charge in [-0.05, 0) is 0 Å². The van der Waals surface area contributed by atoms with Crippen molar-refractivity contribution in [3.8, 4) is 0 Å². The molecule has 0 aromatic rings. The Morgan fingerprint density at radius 2 is 2.50 bits per heavy atom. The molecule has 0 bridgehead atoms. The normalized spacial score (nSPS) is 8.62. The zero-order valence-electron chi connectivity index (χ0n) is 4.39. The van der Waals surface area contributed by atoms with Crippen LogP contribution < -0.4 is 10.6 Å². The lowest BCUT2D eigenvalue weighted by molar-refractivity contribution is -0.120. The van der Waals surface area contributed by atoms with Crippen molar-refractivity contribution in [1.82, 2.24) is 10.6 Å². The van der Waals surface area contributed by atoms with Crippen LogP contribution in [0.1, 0.15) is 0 Å². The van der Waals surface area contributed by atoms with Crippen molar-refractivity contribution in [3.05, 3.63) is 0 Å². The molecule has 1 atom stereocenters. The van der Waals surface area contributed by atoms with Gasteiger partial charge in [0.2, 0.25) is 6.41 Å². The Labute approximate surface area is 50.2 Å². The van der Waals surface area contributed by atoms with Gasteiger partial charge in [0.05, 0.1) is 6.61 Å². The van der Waals surface area contributed by atoms with Crippen molar-refractivity contribution >= 4 is 15.8 Å². The lowest BCUT2D eigenvalue weighted by atomic mass is 10.8. The maximum atomic E-state index is 9.51. The first-order valence-electron chi connectivity index (χ1n) is 2.16. The molecular formula is C3H9N2O2P. The Morgan fingerprint density at radius 1 is 1.75 bits per heavy atom. The van der Waals surface area contributed by atoms with Crippen LogP contribution in [0, 0.1) is 0 Å². The van der Waals surface area contributed by atoms with Gasteiger partial charge in [0.25, 0.3) is 0 Å². The summed E-state index contributed by atoms with van der Waals surface area (Å²) in [7, 11) is 2.32. The fraction of sp³-hybridized carbons (Fsp3) is 0.667. The molecule has 0 saturated carbocycles. The molecule has 0 rings (SSSR count). The number of carbonyl (C=O) groups is 1. The number of rotatable bonds is 5. The van der Waals surface area contributed by atoms with Crippen LogP contribution in [-0.2, 0) is 9.63 Å². The van der Waals surface area contributed by atoms with Crippen molar-refractivity contribution in [1.29, 1.82) is 0 Å². The lowest BCUT2D eigenvalue weighted by Crippen LogP contribution is -2.18. The van der Waals surface area contributed by atoms with E-state index in [2.05, 4.69) is 24.8 Å². The summed E-state index contributed by atoms with van der Waals surface area (Å²) in [6, 6.07) is 0. The summed E-state index contributed by atoms with van der Waals surface area (Å²) in [5.41, 5.74) is 2.05. The van der Waals surface area contributed by atoms with Gasteiger partial charge in [-0.15, -0.1) is 0 Å². The van der Waals surface area contributed by atoms with Crippen LogP contribution in [0.4, 0.5) is 0 Å². The molecule has 48 valence electrons. The maximum absolute atomic E-state index is 9.51. The van der Waals surface area contributed by atoms with Gasteiger partial charge in [0.15, 0.2) is 0 Å². The molecule has 2 N–H and O–H groups in total. The largest absolute Gasteiger partial charge is 0.298 e. The van der Waals surface area contributed by atoms with E-state index >= 15 is 0 Å². The van der Waals surface area contributed by atoms with Gasteiger partial charge in [-0.25, -0.2) is 5.48 Å². The van der Waals surface area contributed by atoms with Gasteiger partial charge in [-0.2, -0.15) is 0 Å². The van der Waals surface area contributed by atoms with E-state index in [4.69, 9.17) is 0 Å². The maximum Gasteiger partial charge on any atom is 0.230 e. The predicted molar refractivity (Wildman–Crippen MR) is 32.9 cm³/mol. The molecule has 1 unspecified atom stereocenters. The second kappa shape index (κ2) is 6.82. The molecule has 4 nitrogen and oxygen atoms in total. The van der Waals surface area contributed by atoms with Crippen LogP contribution in [0.25, 0.3) is 0 Å². The minimum atomic E-state index is 0.474. The molecule has 0 aromatic carbocycles. The molecule has 0 fully saturated rings. The monoisotopic (exact) mass is 136 g/mol. The van der Waals surface area contributed by atoms with Crippen LogP contribution in [0.2, 0.25) is 0 Å². The van der Waals surface area contributed by atoms with Gasteiger partial charge in [-0.3, -0.25) is 14.7 Å². The van der Waals surface area contributed by atoms with Crippen molar-refractivity contribution in [3.63, 3.8) is 0 Å². The molecule has 0 heterocycles. The summed E-state index contributed by atoms with van der Waals surface area (Å²) < 4.78 is 0. The van der Waals surface area contributed by atoms with E-state index in [1.165, 1.54) is 0 Å². The summed E-state index contributed by atoms with van der Waals surface area (Å²) in [5.74, 6) is 0. The molecule has 0 radical (unpaired) electrons. The third-order valence-electron chi connectivity index (χ3n) is 0.480. The standard InChI is InChI=1S/C3H9N2O2P/c6-3-4-7-2-1-5-8/h3,5H,1-2,8H2,(H,4,6). The van der Waals surface area contributed by atoms with Gasteiger partial charge >= 0.3 is 0 Å². The van der Waals surface area contributed by atoms with Crippen LogP contribution in [0.15, 0.2) is 0 Å². The Kier molecular flexibility index (Phi) is 6.67. The van der Waals surface area contributed by atoms with Crippen molar-refractivity contribution in [2.24, 2.45) is 0 Å². The minimum absolute atomic E-state index is 0.474. The van der Waals surface area contributed by atoms with Gasteiger partial charge in [0, 0.05) is 6.54 Å². The van der Waals surface area contributed by atoms with Crippen LogP contribution in [0.3, 0.4) is 0 Å². The number of nitrogens with one attached hydrogen (secondary N) is 2. The third kappa shape index (κ3) is 5.82. The number of carbonyl (C=O) groups excluding carboxylic acids is 1. The lowest BCUT2D eigenvalue weighted by Gasteiger charge is -1.97. The molecule has 0 aliphatic heterocycles. The van der Waals surface area contributed by atoms with E-state index in [0.29, 0.717) is 19.6 Å². The average Bonchev–Trinajstić information content (AvgIpc) is 1.81. The highest BCUT2D eigenvalue weighted by molar-refractivity contribution is 7.13. The second-order valence-corrected chi connectivity index (χ2v) is 1.45. The first kappa shape index (κ1) is 7.82. The topological polar surface area (TPSA) is 50.4 Å². The Morgan fingerprint density at radius 3 is 3.00 bits per heavy atom. The van der Waals surface area contributed by atoms with Crippen LogP contribution in [0.5, 0.6) is 0 Å². The highest BCUT2D eigenvalue weighted by Crippen LogP contribution is 1.67. The van der Waals surface area contributed by atoms with E-state index in [9.17, 15) is 4.79 Å². The highest BCUT2D eigenvalue weighted by atomic mass is 31.0. The average molecular weight is 136 g/mol. The smallest absolute Gasteiger partial charge is 0.230 e. The Bertz CT molecular complexity index is 61.2. The van der Waals surface area contributed by atoms with E-state index in [1.54, 1.807) is 0 Å². The quantitative estimate of drug-likeness (QED) is 0.221. The summed E-state index contributed by atoms with van der Waals surface area (Å²) in [6.45, 7) is 1.17. The zero-order chi connectivity index (χ0) is 6.24. The third-order valence-corrected chi connectivity index (χ3v) is 0.769. The summed E-state index contributed by atoms with van der Waals surface area (Å²) in [5, 5.41) is 2.76. The first-order valence-corrected chi connectivity index (χ1v) is 2.74. The van der Waals surface area contributed by atoms with Crippen molar-refractivity contribution in [2.75, 3.05) is 13.2 Å². The fourth-order valence-electron chi connectivity index (χ4n) is 0.203. The summed E-state index contributed by atoms with van der Waals surface area (Å²) >= 11 is 0. The molecule has 0 aliphatic carbocycles. The number of hydrogen-bond acceptors (Lipinski definition) is 3. The predicted octanol–water partition coefficient (Wildman–Crippen LogP) is -0.956. The number of hydroxylamine groups is 1. The molecule has 1 amide bonds. The Hall–Kier alpha value is -0.180. The van der Waals surface area contributed by atoms with E-state index in [0.717, 1.165) is 0 Å². The van der Waals surface area contributed by atoms with Crippen molar-refractivity contribution < 1.29 is 9.63 Å². The van der Waals surface area contributed by atoms with Crippen molar-refractivity contribution in [2.45, 2.75) is 0 Å². The molecule has 8 heavy (non-hydrogen) atoms. The van der Waals surface area contributed by atoms with Gasteiger partial charge in [-0.1, -0.05) is 9.39 Å². The SMILES string of the molecule is O=CNOCCNP. The van der Waals surface area contributed by atoms with Crippen LogP contribution in [-0.4, -0.2) is 19.6 Å². The zero-order valence-corrected chi connectivity index (χ0v) is 5.54. The molecular weight excluding hydrogens is 127 g/mol. The summed E-state index contributed by atoms with van der Waals surface area (Å²) in [6.07, 6.45) is 0.489. The minimum Gasteiger partial charge on any atom is -0.298 e. The van der Waals surface area contributed by atoms with E-state index in [-0.39, 0.29) is 0 Å². The van der Waals surface area contributed by atoms with Gasteiger partial charge in [0.1, 0.15) is 0 Å². The molecule has 5 heteroatoms. The van der Waals surface area contributed by atoms with E-state index < -0.39 is 0 Å². The fourth-order valence-corrected chi connectivity index (χ4v) is 0.321. The number of hydrogen-bond donors (Lipinski definition) is 2. The highest BCUT2D eigenvalue weighted by Gasteiger charge is 1.79. The molecule has 0 aliphatic rings. The van der Waals surface area contributed by atoms with E-state index in [1.807, 2.05) is 0 Å². The molecule has 0 aromatic heterocycles. The Balaban J connectivity index is 2.62. The molecule has 0 saturated heterocycles. The first-order chi connectivity index (χ1) is 3.91. The van der Waals surface area contributed by atoms with Crippen LogP contribution >= 0.6 is 9.39 Å². The summed E-state index contributed by atoms with van der Waals surface area (Å²) in [4.78, 5) is 14.0. The van der Waals surface area contributed by atoms with Gasteiger partial charge < -0.3 is 0 Å². The molecule has 0 spiro atoms. The number of amides is 1. The second-order valence-electron chi connectivity index (χ2n) is 1.04.